The third kappa shape index (κ3) is 6.21. The van der Waals surface area contributed by atoms with E-state index in [2.05, 4.69) is 33.4 Å². The van der Waals surface area contributed by atoms with Crippen LogP contribution in [0.15, 0.2) is 50.7 Å². The maximum absolute atomic E-state index is 11.9. The summed E-state index contributed by atoms with van der Waals surface area (Å²) in [4.78, 5) is 11.9. The van der Waals surface area contributed by atoms with Crippen LogP contribution in [0.25, 0.3) is 0 Å². The maximum Gasteiger partial charge on any atom is 0.343 e. The Morgan fingerprint density at radius 1 is 1.27 bits per heavy atom. The van der Waals surface area contributed by atoms with Crippen molar-refractivity contribution in [3.63, 3.8) is 0 Å². The van der Waals surface area contributed by atoms with E-state index in [9.17, 15) is 15.0 Å². The molecule has 2 N–H and O–H groups in total. The summed E-state index contributed by atoms with van der Waals surface area (Å²) >= 11 is 0. The lowest BCUT2D eigenvalue weighted by molar-refractivity contribution is -0.00880. The van der Waals surface area contributed by atoms with E-state index in [-0.39, 0.29) is 17.3 Å². The van der Waals surface area contributed by atoms with Crippen LogP contribution < -0.4 is 5.63 Å². The molecule has 0 unspecified atom stereocenters. The second-order valence-corrected chi connectivity index (χ2v) is 9.48. The van der Waals surface area contributed by atoms with Crippen LogP contribution in [-0.2, 0) is 6.42 Å². The number of rotatable bonds is 8. The van der Waals surface area contributed by atoms with Crippen molar-refractivity contribution in [1.82, 2.24) is 0 Å². The molecular formula is C26H38O4. The van der Waals surface area contributed by atoms with Crippen LogP contribution in [0.1, 0.15) is 77.5 Å². The first-order valence-electron chi connectivity index (χ1n) is 11.0. The first-order chi connectivity index (χ1) is 14.0. The first kappa shape index (κ1) is 24.2. The molecule has 1 aliphatic rings. The number of hydrogen-bond donors (Lipinski definition) is 2. The number of aryl methyl sites for hydroxylation is 1. The summed E-state index contributed by atoms with van der Waals surface area (Å²) in [6, 6.07) is 1.48. The normalized spacial score (nSPS) is 22.4. The second-order valence-electron chi connectivity index (χ2n) is 9.48. The van der Waals surface area contributed by atoms with E-state index in [1.165, 1.54) is 22.8 Å². The van der Waals surface area contributed by atoms with Gasteiger partial charge in [0.25, 0.3) is 0 Å². The van der Waals surface area contributed by atoms with Crippen molar-refractivity contribution in [3.8, 4) is 5.75 Å². The highest BCUT2D eigenvalue weighted by molar-refractivity contribution is 5.31. The molecule has 0 amide bonds. The Kier molecular flexibility index (Phi) is 8.31. The zero-order chi connectivity index (χ0) is 22.5. The van der Waals surface area contributed by atoms with E-state index < -0.39 is 5.63 Å². The van der Waals surface area contributed by atoms with E-state index in [1.807, 2.05) is 13.0 Å². The van der Waals surface area contributed by atoms with Crippen LogP contribution in [0.5, 0.6) is 5.75 Å². The smallest absolute Gasteiger partial charge is 0.343 e. The van der Waals surface area contributed by atoms with Crippen molar-refractivity contribution in [2.45, 2.75) is 85.7 Å². The van der Waals surface area contributed by atoms with Gasteiger partial charge in [-0.1, -0.05) is 49.3 Å². The summed E-state index contributed by atoms with van der Waals surface area (Å²) < 4.78 is 5.06. The minimum atomic E-state index is -0.468. The summed E-state index contributed by atoms with van der Waals surface area (Å²) in [7, 11) is 0. The molecule has 166 valence electrons. The van der Waals surface area contributed by atoms with Crippen molar-refractivity contribution in [2.24, 2.45) is 11.3 Å². The van der Waals surface area contributed by atoms with Crippen LogP contribution in [0.4, 0.5) is 0 Å². The number of aliphatic hydroxyl groups excluding tert-OH is 1. The molecule has 4 nitrogen and oxygen atoms in total. The molecule has 0 bridgehead atoms. The standard InChI is InChI=1S/C26H38O4/c1-17(10-13-21-23(27)16-20(4)30-25(21)29)8-7-9-18(2)11-14-22-19(3)12-15-24(28)26(22,5)6/h9-10,16,22,24,27-28H,3,7-8,11-15H2,1-2,4-6H3/b17-10+,18-9-/t22-,24+/m1/s1. The summed E-state index contributed by atoms with van der Waals surface area (Å²) in [5.41, 5.74) is 3.56. The molecule has 1 heterocycles. The minimum absolute atomic E-state index is 0.000818. The van der Waals surface area contributed by atoms with Crippen molar-refractivity contribution in [1.29, 1.82) is 0 Å². The molecule has 1 aliphatic carbocycles. The second kappa shape index (κ2) is 10.3. The van der Waals surface area contributed by atoms with Gasteiger partial charge in [0.1, 0.15) is 11.5 Å². The van der Waals surface area contributed by atoms with Crippen LogP contribution in [0.3, 0.4) is 0 Å². The summed E-state index contributed by atoms with van der Waals surface area (Å²) in [6.45, 7) is 14.4. The van der Waals surface area contributed by atoms with Crippen molar-refractivity contribution in [2.75, 3.05) is 0 Å². The average Bonchev–Trinajstić information content (AvgIpc) is 2.64. The highest BCUT2D eigenvalue weighted by Gasteiger charge is 2.40. The SMILES string of the molecule is C=C1CC[C@H](O)C(C)(C)[C@@H]1CC/C(C)=C\CC/C(C)=C/Cc1c(O)cc(C)oc1=O. The lowest BCUT2D eigenvalue weighted by atomic mass is 9.63. The largest absolute Gasteiger partial charge is 0.507 e. The molecule has 30 heavy (non-hydrogen) atoms. The molecule has 0 aliphatic heterocycles. The number of allylic oxidation sites excluding steroid dienone is 5. The van der Waals surface area contributed by atoms with Gasteiger partial charge in [-0.2, -0.15) is 0 Å². The Hall–Kier alpha value is -2.07. The van der Waals surface area contributed by atoms with Gasteiger partial charge in [-0.25, -0.2) is 4.79 Å². The molecule has 1 saturated carbocycles. The van der Waals surface area contributed by atoms with Gasteiger partial charge in [-0.3, -0.25) is 0 Å². The predicted molar refractivity (Wildman–Crippen MR) is 123 cm³/mol. The monoisotopic (exact) mass is 414 g/mol. The van der Waals surface area contributed by atoms with Gasteiger partial charge in [0.2, 0.25) is 0 Å². The molecule has 0 saturated heterocycles. The van der Waals surface area contributed by atoms with E-state index in [1.54, 1.807) is 6.92 Å². The van der Waals surface area contributed by atoms with E-state index >= 15 is 0 Å². The minimum Gasteiger partial charge on any atom is -0.507 e. The molecule has 1 aromatic heterocycles. The van der Waals surface area contributed by atoms with Crippen molar-refractivity contribution >= 4 is 0 Å². The van der Waals surface area contributed by atoms with Gasteiger partial charge in [0.15, 0.2) is 0 Å². The van der Waals surface area contributed by atoms with E-state index in [0.717, 1.165) is 38.5 Å². The molecule has 2 rings (SSSR count). The van der Waals surface area contributed by atoms with Crippen LogP contribution in [-0.4, -0.2) is 16.3 Å². The molecular weight excluding hydrogens is 376 g/mol. The highest BCUT2D eigenvalue weighted by atomic mass is 16.4. The summed E-state index contributed by atoms with van der Waals surface area (Å²) in [5.74, 6) is 0.776. The zero-order valence-electron chi connectivity index (χ0n) is 19.3. The lowest BCUT2D eigenvalue weighted by Crippen LogP contribution is -2.41. The average molecular weight is 415 g/mol. The molecule has 4 heteroatoms. The van der Waals surface area contributed by atoms with E-state index in [4.69, 9.17) is 4.42 Å². The van der Waals surface area contributed by atoms with Crippen molar-refractivity contribution < 1.29 is 14.6 Å². The van der Waals surface area contributed by atoms with Crippen LogP contribution in [0.2, 0.25) is 0 Å². The topological polar surface area (TPSA) is 70.7 Å². The number of aromatic hydroxyl groups is 1. The maximum atomic E-state index is 11.9. The Morgan fingerprint density at radius 3 is 2.60 bits per heavy atom. The Bertz CT molecular complexity index is 870. The van der Waals surface area contributed by atoms with Crippen LogP contribution >= 0.6 is 0 Å². The third-order valence-corrected chi connectivity index (χ3v) is 6.65. The first-order valence-corrected chi connectivity index (χ1v) is 11.0. The molecule has 0 spiro atoms. The quantitative estimate of drug-likeness (QED) is 0.512. The Labute approximate surface area is 181 Å². The fraction of sp³-hybridized carbons (Fsp3) is 0.577. The number of hydrogen-bond acceptors (Lipinski definition) is 4. The Morgan fingerprint density at radius 2 is 1.93 bits per heavy atom. The van der Waals surface area contributed by atoms with Crippen molar-refractivity contribution in [3.05, 3.63) is 63.3 Å². The Balaban J connectivity index is 1.85. The van der Waals surface area contributed by atoms with Crippen LogP contribution in [0, 0.1) is 18.3 Å². The van der Waals surface area contributed by atoms with Gasteiger partial charge in [-0.15, -0.1) is 0 Å². The zero-order valence-corrected chi connectivity index (χ0v) is 19.3. The molecule has 1 fully saturated rings. The van der Waals surface area contributed by atoms with Gasteiger partial charge < -0.3 is 14.6 Å². The fourth-order valence-electron chi connectivity index (χ4n) is 4.41. The van der Waals surface area contributed by atoms with Gasteiger partial charge in [-0.05, 0) is 70.6 Å². The lowest BCUT2D eigenvalue weighted by Gasteiger charge is -2.44. The van der Waals surface area contributed by atoms with Gasteiger partial charge in [0, 0.05) is 12.5 Å². The number of aliphatic hydroxyl groups is 1. The van der Waals surface area contributed by atoms with E-state index in [0.29, 0.717) is 23.7 Å². The molecule has 1 aromatic rings. The van der Waals surface area contributed by atoms with Gasteiger partial charge >= 0.3 is 5.63 Å². The molecule has 2 atom stereocenters. The fourth-order valence-corrected chi connectivity index (χ4v) is 4.41. The summed E-state index contributed by atoms with van der Waals surface area (Å²) in [6.07, 6.45) is 10.1. The highest BCUT2D eigenvalue weighted by Crippen LogP contribution is 2.45. The molecule has 0 aromatic carbocycles. The van der Waals surface area contributed by atoms with Gasteiger partial charge in [0.05, 0.1) is 11.7 Å². The third-order valence-electron chi connectivity index (χ3n) is 6.65. The molecule has 0 radical (unpaired) electrons. The summed E-state index contributed by atoms with van der Waals surface area (Å²) in [5, 5.41) is 20.3. The predicted octanol–water partition coefficient (Wildman–Crippen LogP) is 6.00.